The molecule has 2 aromatic rings. The van der Waals surface area contributed by atoms with Crippen molar-refractivity contribution < 1.29 is 19.8 Å². The molecule has 0 aliphatic rings. The lowest BCUT2D eigenvalue weighted by Crippen LogP contribution is -2.43. The van der Waals surface area contributed by atoms with E-state index in [1.54, 1.807) is 5.38 Å². The predicted molar refractivity (Wildman–Crippen MR) is 75.7 cm³/mol. The summed E-state index contributed by atoms with van der Waals surface area (Å²) in [6.07, 6.45) is 0. The maximum Gasteiger partial charge on any atom is 0.328 e. The molecule has 6 heteroatoms. The molecule has 1 amide bonds. The maximum atomic E-state index is 12.1. The first-order chi connectivity index (χ1) is 9.63. The van der Waals surface area contributed by atoms with E-state index >= 15 is 0 Å². The first-order valence-electron chi connectivity index (χ1n) is 5.91. The zero-order chi connectivity index (χ0) is 14.5. The lowest BCUT2D eigenvalue weighted by Gasteiger charge is -2.11. The summed E-state index contributed by atoms with van der Waals surface area (Å²) in [7, 11) is 0. The van der Waals surface area contributed by atoms with Gasteiger partial charge in [0.05, 0.1) is 11.5 Å². The van der Waals surface area contributed by atoms with Crippen molar-refractivity contribution in [3.63, 3.8) is 0 Å². The zero-order valence-electron chi connectivity index (χ0n) is 10.4. The number of carboxylic acids is 1. The molecule has 3 N–H and O–H groups in total. The fraction of sp³-hybridized carbons (Fsp3) is 0.143. The predicted octanol–water partition coefficient (Wildman–Crippen LogP) is 1.59. The van der Waals surface area contributed by atoms with Gasteiger partial charge >= 0.3 is 5.97 Å². The minimum Gasteiger partial charge on any atom is -0.480 e. The van der Waals surface area contributed by atoms with Crippen molar-refractivity contribution in [2.75, 3.05) is 6.61 Å². The van der Waals surface area contributed by atoms with Gasteiger partial charge in [-0.3, -0.25) is 4.79 Å². The average Bonchev–Trinajstić information content (AvgIpc) is 2.94. The Hall–Kier alpha value is -2.18. The van der Waals surface area contributed by atoms with Crippen molar-refractivity contribution in [3.05, 3.63) is 46.7 Å². The third kappa shape index (κ3) is 3.04. The van der Waals surface area contributed by atoms with Crippen LogP contribution in [-0.2, 0) is 4.79 Å². The van der Waals surface area contributed by atoms with Crippen LogP contribution in [0.25, 0.3) is 11.1 Å². The molecule has 0 saturated carbocycles. The number of aliphatic carboxylic acids is 1. The van der Waals surface area contributed by atoms with Gasteiger partial charge in [0.2, 0.25) is 0 Å². The van der Waals surface area contributed by atoms with Gasteiger partial charge in [0.25, 0.3) is 5.91 Å². The molecule has 2 rings (SSSR count). The van der Waals surface area contributed by atoms with E-state index in [0.29, 0.717) is 4.88 Å². The van der Waals surface area contributed by atoms with Crippen LogP contribution in [0, 0.1) is 0 Å². The van der Waals surface area contributed by atoms with E-state index in [4.69, 9.17) is 10.2 Å². The largest absolute Gasteiger partial charge is 0.480 e. The number of carbonyl (C=O) groups is 2. The van der Waals surface area contributed by atoms with E-state index in [-0.39, 0.29) is 0 Å². The molecular weight excluding hydrogens is 278 g/mol. The number of nitrogens with one attached hydrogen (secondary N) is 1. The van der Waals surface area contributed by atoms with Gasteiger partial charge in [-0.1, -0.05) is 30.3 Å². The Morgan fingerprint density at radius 1 is 1.20 bits per heavy atom. The summed E-state index contributed by atoms with van der Waals surface area (Å²) in [4.78, 5) is 23.3. The van der Waals surface area contributed by atoms with Crippen LogP contribution in [0.4, 0.5) is 0 Å². The van der Waals surface area contributed by atoms with Gasteiger partial charge in [-0.2, -0.15) is 0 Å². The molecule has 5 nitrogen and oxygen atoms in total. The number of benzene rings is 1. The summed E-state index contributed by atoms with van der Waals surface area (Å²) in [5.41, 5.74) is 1.63. The van der Waals surface area contributed by atoms with Crippen LogP contribution in [-0.4, -0.2) is 34.7 Å². The monoisotopic (exact) mass is 291 g/mol. The number of carbonyl (C=O) groups excluding carboxylic acids is 1. The van der Waals surface area contributed by atoms with E-state index in [1.165, 1.54) is 11.3 Å². The Kier molecular flexibility index (Phi) is 4.49. The number of thiophene rings is 1. The minimum atomic E-state index is -1.30. The molecule has 1 aromatic heterocycles. The molecule has 0 bridgehead atoms. The third-order valence-electron chi connectivity index (χ3n) is 2.74. The van der Waals surface area contributed by atoms with Crippen molar-refractivity contribution in [2.45, 2.75) is 6.04 Å². The highest BCUT2D eigenvalue weighted by Crippen LogP contribution is 2.28. The van der Waals surface area contributed by atoms with Crippen LogP contribution in [0.15, 0.2) is 41.8 Å². The van der Waals surface area contributed by atoms with Crippen LogP contribution in [0.3, 0.4) is 0 Å². The summed E-state index contributed by atoms with van der Waals surface area (Å²) in [5, 5.41) is 21.8. The molecule has 0 aliphatic carbocycles. The van der Waals surface area contributed by atoms with Gasteiger partial charge in [0, 0.05) is 5.56 Å². The van der Waals surface area contributed by atoms with Crippen molar-refractivity contribution in [3.8, 4) is 11.1 Å². The highest BCUT2D eigenvalue weighted by molar-refractivity contribution is 7.12. The Morgan fingerprint density at radius 3 is 2.50 bits per heavy atom. The molecule has 0 fully saturated rings. The number of carboxylic acid groups (broad SMARTS) is 1. The van der Waals surface area contributed by atoms with Gasteiger partial charge in [0.1, 0.15) is 0 Å². The molecular formula is C14H13NO4S. The Balaban J connectivity index is 2.24. The van der Waals surface area contributed by atoms with Crippen LogP contribution >= 0.6 is 11.3 Å². The average molecular weight is 291 g/mol. The first kappa shape index (κ1) is 14.2. The fourth-order valence-electron chi connectivity index (χ4n) is 1.74. The lowest BCUT2D eigenvalue weighted by molar-refractivity contribution is -0.140. The van der Waals surface area contributed by atoms with Gasteiger partial charge in [-0.05, 0) is 17.0 Å². The molecule has 0 radical (unpaired) electrons. The highest BCUT2D eigenvalue weighted by atomic mass is 32.1. The molecule has 104 valence electrons. The third-order valence-corrected chi connectivity index (χ3v) is 3.66. The second kappa shape index (κ2) is 6.31. The van der Waals surface area contributed by atoms with Crippen molar-refractivity contribution in [1.29, 1.82) is 0 Å². The van der Waals surface area contributed by atoms with Crippen LogP contribution in [0.2, 0.25) is 0 Å². The van der Waals surface area contributed by atoms with Gasteiger partial charge in [-0.15, -0.1) is 11.3 Å². The summed E-state index contributed by atoms with van der Waals surface area (Å²) in [6, 6.07) is 9.86. The Labute approximate surface area is 119 Å². The zero-order valence-corrected chi connectivity index (χ0v) is 11.3. The van der Waals surface area contributed by atoms with Crippen LogP contribution in [0.5, 0.6) is 0 Å². The minimum absolute atomic E-state index is 0.427. The van der Waals surface area contributed by atoms with Crippen LogP contribution in [0.1, 0.15) is 9.67 Å². The summed E-state index contributed by atoms with van der Waals surface area (Å²) < 4.78 is 0. The quantitative estimate of drug-likeness (QED) is 0.781. The van der Waals surface area contributed by atoms with Gasteiger partial charge in [-0.25, -0.2) is 4.79 Å². The topological polar surface area (TPSA) is 86.6 Å². The Bertz CT molecular complexity index is 609. The number of aliphatic hydroxyl groups excluding tert-OH is 1. The first-order valence-corrected chi connectivity index (χ1v) is 6.79. The van der Waals surface area contributed by atoms with Crippen molar-refractivity contribution in [2.24, 2.45) is 0 Å². The molecule has 20 heavy (non-hydrogen) atoms. The summed E-state index contributed by atoms with van der Waals surface area (Å²) >= 11 is 1.23. The summed E-state index contributed by atoms with van der Waals surface area (Å²) in [6.45, 7) is -0.646. The smallest absolute Gasteiger partial charge is 0.328 e. The van der Waals surface area contributed by atoms with Crippen molar-refractivity contribution >= 4 is 23.2 Å². The normalized spacial score (nSPS) is 11.8. The second-order valence-corrected chi connectivity index (χ2v) is 4.99. The Morgan fingerprint density at radius 2 is 1.90 bits per heavy atom. The molecule has 0 saturated heterocycles. The van der Waals surface area contributed by atoms with Crippen molar-refractivity contribution in [1.82, 2.24) is 5.32 Å². The van der Waals surface area contributed by atoms with E-state index in [1.807, 2.05) is 36.4 Å². The molecule has 1 atom stereocenters. The summed E-state index contributed by atoms with van der Waals surface area (Å²) in [5.74, 6) is -1.76. The second-order valence-electron chi connectivity index (χ2n) is 4.08. The standard InChI is InChI=1S/C14H13NO4S/c16-8-11(14(18)19)15-13(17)12-10(6-7-20-12)9-4-2-1-3-5-9/h1-7,11,16H,8H2,(H,15,17)(H,18,19)/t11-/m1/s1. The number of hydrogen-bond acceptors (Lipinski definition) is 4. The highest BCUT2D eigenvalue weighted by Gasteiger charge is 2.22. The number of aliphatic hydroxyl groups is 1. The molecule has 0 aliphatic heterocycles. The molecule has 1 heterocycles. The van der Waals surface area contributed by atoms with E-state index in [9.17, 15) is 9.59 Å². The lowest BCUT2D eigenvalue weighted by atomic mass is 10.1. The number of hydrogen-bond donors (Lipinski definition) is 3. The number of rotatable bonds is 5. The van der Waals surface area contributed by atoms with Crippen LogP contribution < -0.4 is 5.32 Å². The van der Waals surface area contributed by atoms with E-state index in [0.717, 1.165) is 11.1 Å². The number of amides is 1. The van der Waals surface area contributed by atoms with E-state index < -0.39 is 24.5 Å². The SMILES string of the molecule is O=C(N[C@H](CO)C(=O)O)c1sccc1-c1ccccc1. The maximum absolute atomic E-state index is 12.1. The molecule has 0 unspecified atom stereocenters. The van der Waals surface area contributed by atoms with Gasteiger partial charge < -0.3 is 15.5 Å². The molecule has 0 spiro atoms. The molecule has 1 aromatic carbocycles. The van der Waals surface area contributed by atoms with E-state index in [2.05, 4.69) is 5.32 Å². The van der Waals surface area contributed by atoms with Gasteiger partial charge in [0.15, 0.2) is 6.04 Å². The fourth-order valence-corrected chi connectivity index (χ4v) is 2.56.